The van der Waals surface area contributed by atoms with E-state index in [1.54, 1.807) is 0 Å². The Morgan fingerprint density at radius 1 is 0.124 bits per heavy atom. The lowest BCUT2D eigenvalue weighted by Gasteiger charge is -2.27. The van der Waals surface area contributed by atoms with Gasteiger partial charge in [-0.05, 0) is 255 Å². The molecular weight excluding hydrogens is 1660 g/mol. The molecule has 0 aliphatic rings. The number of para-hydroxylation sites is 7. The van der Waals surface area contributed by atoms with Crippen molar-refractivity contribution in [1.82, 2.24) is 9.13 Å². The minimum atomic E-state index is 1.11. The summed E-state index contributed by atoms with van der Waals surface area (Å²) < 4.78 is 4.75. The van der Waals surface area contributed by atoms with Crippen molar-refractivity contribution in [2.45, 2.75) is 0 Å². The Hall–Kier alpha value is -18.2. The molecule has 0 radical (unpaired) electrons. The fourth-order valence-electron chi connectivity index (χ4n) is 20.9. The van der Waals surface area contributed by atoms with Gasteiger partial charge in [0.2, 0.25) is 0 Å². The normalized spacial score (nSPS) is 11.4. The molecule has 137 heavy (non-hydrogen) atoms. The average Bonchev–Trinajstić information content (AvgIpc) is 1.43. The number of benzene rings is 24. The summed E-state index contributed by atoms with van der Waals surface area (Å²) in [5, 5.41) is 20.1. The third kappa shape index (κ3) is 15.3. The average molecular weight is 1750 g/mol. The van der Waals surface area contributed by atoms with Crippen LogP contribution in [0.3, 0.4) is 0 Å². The Bertz CT molecular complexity index is 8570. The fourth-order valence-corrected chi connectivity index (χ4v) is 20.9. The topological polar surface area (TPSA) is 19.6 Å². The summed E-state index contributed by atoms with van der Waals surface area (Å²) >= 11 is 0. The maximum atomic E-state index is 2.38. The molecule has 0 saturated carbocycles. The van der Waals surface area contributed by atoms with E-state index in [0.29, 0.717) is 0 Å². The summed E-state index contributed by atoms with van der Waals surface area (Å²) in [6.07, 6.45) is 0. The van der Waals surface area contributed by atoms with E-state index in [9.17, 15) is 0 Å². The molecule has 0 spiro atoms. The van der Waals surface area contributed by atoms with Gasteiger partial charge in [-0.2, -0.15) is 0 Å². The molecule has 0 unspecified atom stereocenters. The van der Waals surface area contributed by atoms with E-state index < -0.39 is 0 Å². The van der Waals surface area contributed by atoms with E-state index in [1.807, 2.05) is 0 Å². The van der Waals surface area contributed by atoms with Crippen molar-refractivity contribution in [3.8, 4) is 67.0 Å². The monoisotopic (exact) mass is 1750 g/mol. The molecule has 0 N–H and O–H groups in total. The smallest absolute Gasteiger partial charge is 0.0542 e. The third-order valence-corrected chi connectivity index (χ3v) is 27.0. The minimum absolute atomic E-state index is 1.11. The molecule has 644 valence electrons. The van der Waals surface area contributed by atoms with Gasteiger partial charge in [0.15, 0.2) is 0 Å². The second-order valence-electron chi connectivity index (χ2n) is 34.9. The summed E-state index contributed by atoms with van der Waals surface area (Å²) in [6, 6.07) is 199. The molecule has 5 nitrogen and oxygen atoms in total. The lowest BCUT2D eigenvalue weighted by Crippen LogP contribution is -2.10. The van der Waals surface area contributed by atoms with Gasteiger partial charge >= 0.3 is 0 Å². The molecule has 2 aromatic heterocycles. The van der Waals surface area contributed by atoms with Crippen LogP contribution in [0.4, 0.5) is 51.2 Å². The van der Waals surface area contributed by atoms with Crippen molar-refractivity contribution in [2.24, 2.45) is 0 Å². The van der Waals surface area contributed by atoms with Crippen LogP contribution in [0, 0.1) is 0 Å². The first kappa shape index (κ1) is 82.0. The van der Waals surface area contributed by atoms with Crippen molar-refractivity contribution >= 4 is 159 Å². The van der Waals surface area contributed by atoms with Gasteiger partial charge in [0, 0.05) is 83.5 Å². The van der Waals surface area contributed by atoms with Crippen molar-refractivity contribution in [1.29, 1.82) is 0 Å². The quantitative estimate of drug-likeness (QED) is 0.0899. The van der Waals surface area contributed by atoms with Crippen LogP contribution in [0.15, 0.2) is 552 Å². The van der Waals surface area contributed by atoms with Gasteiger partial charge < -0.3 is 23.8 Å². The van der Waals surface area contributed by atoms with E-state index in [4.69, 9.17) is 0 Å². The fraction of sp³-hybridized carbons (Fsp3) is 0. The number of nitrogens with zero attached hydrogens (tertiary/aromatic N) is 5. The minimum Gasteiger partial charge on any atom is -0.310 e. The first-order valence-corrected chi connectivity index (χ1v) is 47.0. The van der Waals surface area contributed by atoms with Crippen LogP contribution in [0.1, 0.15) is 0 Å². The van der Waals surface area contributed by atoms with Gasteiger partial charge in [-0.25, -0.2) is 0 Å². The van der Waals surface area contributed by atoms with Crippen LogP contribution in [-0.4, -0.2) is 9.13 Å². The van der Waals surface area contributed by atoms with Crippen LogP contribution >= 0.6 is 0 Å². The first-order valence-electron chi connectivity index (χ1n) is 47.0. The Morgan fingerprint density at radius 3 is 0.708 bits per heavy atom. The van der Waals surface area contributed by atoms with Gasteiger partial charge in [-0.3, -0.25) is 0 Å². The predicted molar refractivity (Wildman–Crippen MR) is 584 cm³/mol. The maximum absolute atomic E-state index is 2.38. The standard InChI is InChI=1S/C50H34N2.C44H32N2.C38H25N/c1-4-16-35(17-5-1)49-42-23-10-12-25-44(42)50(45-26-13-11-24-43(45)49)36-28-30-39(31-29-36)51(37-18-6-2-7-19-37)40-32-33-48-46(34-40)41-22-14-15-27-47(41)52(48)38-20-8-3-9-21-38;1-3-17-37(18-4-1)45(43-23-11-15-35-13-7-9-21-41(35)43)39-29-25-33(26-30-39)34-27-31-40(32-28-34)46(38-19-5-2-6-20-38)44-24-12-16-36-14-8-10-22-42(36)44;1-2-12-26(13-3-1)37-31-16-4-6-18-33(31)38(34-19-7-5-17-32(34)37)27-22-24-28(25-23-27)39-35-20-10-8-14-29(35)30-15-9-11-21-36(30)39/h1-34H;1-32H;1-25H. The van der Waals surface area contributed by atoms with E-state index in [2.05, 4.69) is 576 Å². The van der Waals surface area contributed by atoms with E-state index >= 15 is 0 Å². The Labute approximate surface area is 796 Å². The van der Waals surface area contributed by atoms with Crippen LogP contribution in [0.25, 0.3) is 175 Å². The summed E-state index contributed by atoms with van der Waals surface area (Å²) in [7, 11) is 0. The number of aromatic nitrogens is 2. The third-order valence-electron chi connectivity index (χ3n) is 27.0. The van der Waals surface area contributed by atoms with Crippen LogP contribution in [0.2, 0.25) is 0 Å². The van der Waals surface area contributed by atoms with Crippen LogP contribution in [-0.2, 0) is 0 Å². The zero-order valence-corrected chi connectivity index (χ0v) is 75.3. The molecule has 24 aromatic carbocycles. The first-order chi connectivity index (χ1) is 68.0. The molecule has 0 bridgehead atoms. The predicted octanol–water partition coefficient (Wildman–Crippen LogP) is 36.9. The number of hydrogen-bond acceptors (Lipinski definition) is 3. The molecule has 0 amide bonds. The summed E-state index contributed by atoms with van der Waals surface area (Å²) in [5.74, 6) is 0. The van der Waals surface area contributed by atoms with Crippen molar-refractivity contribution < 1.29 is 0 Å². The molecule has 5 heteroatoms. The molecule has 0 aliphatic carbocycles. The zero-order valence-electron chi connectivity index (χ0n) is 75.3. The lowest BCUT2D eigenvalue weighted by atomic mass is 9.86. The van der Waals surface area contributed by atoms with Crippen molar-refractivity contribution in [3.05, 3.63) is 552 Å². The molecule has 0 aliphatic heterocycles. The lowest BCUT2D eigenvalue weighted by molar-refractivity contribution is 1.18. The highest BCUT2D eigenvalue weighted by molar-refractivity contribution is 6.23. The van der Waals surface area contributed by atoms with Crippen LogP contribution < -0.4 is 14.7 Å². The zero-order chi connectivity index (χ0) is 90.9. The van der Waals surface area contributed by atoms with Gasteiger partial charge in [0.05, 0.1) is 33.4 Å². The Morgan fingerprint density at radius 2 is 0.350 bits per heavy atom. The summed E-state index contributed by atoms with van der Waals surface area (Å²) in [5.41, 5.74) is 29.8. The second-order valence-corrected chi connectivity index (χ2v) is 34.9. The van der Waals surface area contributed by atoms with Gasteiger partial charge in [0.1, 0.15) is 0 Å². The number of fused-ring (bicyclic) bond motifs is 12. The molecule has 0 fully saturated rings. The van der Waals surface area contributed by atoms with Gasteiger partial charge in [-0.1, -0.05) is 406 Å². The van der Waals surface area contributed by atoms with E-state index in [1.165, 1.54) is 170 Å². The van der Waals surface area contributed by atoms with E-state index in [-0.39, 0.29) is 0 Å². The summed E-state index contributed by atoms with van der Waals surface area (Å²) in [4.78, 5) is 7.06. The highest BCUT2D eigenvalue weighted by atomic mass is 15.2. The summed E-state index contributed by atoms with van der Waals surface area (Å²) in [6.45, 7) is 0. The molecule has 26 aromatic rings. The highest BCUT2D eigenvalue weighted by Gasteiger charge is 2.25. The van der Waals surface area contributed by atoms with Gasteiger partial charge in [0.25, 0.3) is 0 Å². The molecule has 0 saturated heterocycles. The van der Waals surface area contributed by atoms with Crippen molar-refractivity contribution in [2.75, 3.05) is 14.7 Å². The van der Waals surface area contributed by atoms with Crippen LogP contribution in [0.5, 0.6) is 0 Å². The number of rotatable bonds is 16. The maximum Gasteiger partial charge on any atom is 0.0542 e. The molecular formula is C132H91N5. The Kier molecular flexibility index (Phi) is 21.7. The number of hydrogen-bond donors (Lipinski definition) is 0. The number of anilines is 9. The Balaban J connectivity index is 0.000000113. The van der Waals surface area contributed by atoms with E-state index in [0.717, 1.165) is 56.9 Å². The van der Waals surface area contributed by atoms with Crippen molar-refractivity contribution in [3.63, 3.8) is 0 Å². The highest BCUT2D eigenvalue weighted by Crippen LogP contribution is 2.50. The largest absolute Gasteiger partial charge is 0.310 e. The second kappa shape index (κ2) is 36.2. The molecule has 26 rings (SSSR count). The SMILES string of the molecule is c1ccc(-c2c3ccccc3c(-c3ccc(-n4c5ccccc5c5ccccc54)cc3)c3ccccc23)cc1.c1ccc(-c2c3ccccc3c(-c3ccc(N(c4ccccc4)c4ccc5c(c4)c4ccccc4n5-c4ccccc4)cc3)c3ccccc23)cc1.c1ccc(N(c2ccc(-c3ccc(N(c4ccccc4)c4cccc5ccccc45)cc3)cc2)c2cccc3ccccc23)cc1. The van der Waals surface area contributed by atoms with Gasteiger partial charge in [-0.15, -0.1) is 0 Å². The molecule has 2 heterocycles. The molecule has 0 atom stereocenters.